The molecular weight excluding hydrogens is 286 g/mol. The van der Waals surface area contributed by atoms with Crippen molar-refractivity contribution in [2.45, 2.75) is 57.7 Å². The molecule has 116 valence electrons. The molecule has 0 saturated carbocycles. The molecule has 1 aromatic carbocycles. The molecule has 1 N–H and O–H groups in total. The Labute approximate surface area is 131 Å². The number of hydrogen-bond acceptors (Lipinski definition) is 3. The van der Waals surface area contributed by atoms with Crippen molar-refractivity contribution in [3.63, 3.8) is 0 Å². The number of fused-ring (bicyclic) bond motifs is 1. The summed E-state index contributed by atoms with van der Waals surface area (Å²) in [5.74, 6) is 1.04. The molecule has 0 bridgehead atoms. The normalized spacial score (nSPS) is 23.7. The zero-order valence-electron chi connectivity index (χ0n) is 12.6. The monoisotopic (exact) mass is 309 g/mol. The minimum absolute atomic E-state index is 0.239. The van der Waals surface area contributed by atoms with Crippen LogP contribution in [-0.4, -0.2) is 35.3 Å². The van der Waals surface area contributed by atoms with Gasteiger partial charge in [0, 0.05) is 29.6 Å². The fourth-order valence-corrected chi connectivity index (χ4v) is 3.87. The van der Waals surface area contributed by atoms with Crippen molar-refractivity contribution in [2.24, 2.45) is 0 Å². The Hall–Kier alpha value is -0.770. The molecule has 1 saturated heterocycles. The fraction of sp³-hybridized carbons (Fsp3) is 0.647. The predicted molar refractivity (Wildman–Crippen MR) is 85.0 cm³/mol. The molecule has 0 spiro atoms. The van der Waals surface area contributed by atoms with Gasteiger partial charge in [0.25, 0.3) is 0 Å². The Balaban J connectivity index is 1.78. The summed E-state index contributed by atoms with van der Waals surface area (Å²) in [6.45, 7) is 4.62. The molecule has 2 heterocycles. The molecule has 1 fully saturated rings. The van der Waals surface area contributed by atoms with E-state index in [9.17, 15) is 5.11 Å². The summed E-state index contributed by atoms with van der Waals surface area (Å²) in [5, 5.41) is 10.5. The first-order valence-corrected chi connectivity index (χ1v) is 8.37. The molecule has 2 unspecified atom stereocenters. The number of benzene rings is 1. The van der Waals surface area contributed by atoms with E-state index < -0.39 is 0 Å². The van der Waals surface area contributed by atoms with E-state index in [1.807, 2.05) is 19.1 Å². The van der Waals surface area contributed by atoms with Crippen LogP contribution in [0.2, 0.25) is 5.02 Å². The number of ether oxygens (including phenoxy) is 1. The summed E-state index contributed by atoms with van der Waals surface area (Å²) in [7, 11) is 0. The number of aliphatic hydroxyl groups is 1. The van der Waals surface area contributed by atoms with Gasteiger partial charge in [-0.3, -0.25) is 4.90 Å². The quantitative estimate of drug-likeness (QED) is 0.925. The summed E-state index contributed by atoms with van der Waals surface area (Å²) in [4.78, 5) is 2.49. The fourth-order valence-electron chi connectivity index (χ4n) is 3.61. The van der Waals surface area contributed by atoms with Crippen LogP contribution in [0.1, 0.15) is 43.7 Å². The van der Waals surface area contributed by atoms with Crippen molar-refractivity contribution in [1.29, 1.82) is 0 Å². The third-order valence-corrected chi connectivity index (χ3v) is 4.78. The number of piperidine rings is 1. The highest BCUT2D eigenvalue weighted by Crippen LogP contribution is 2.35. The Kier molecular flexibility index (Phi) is 4.72. The number of rotatable bonds is 4. The SMILES string of the molecule is CC(O)CC1CCCCN1Cc1cc(Cl)cc2c1OCC2. The first-order valence-electron chi connectivity index (χ1n) is 7.99. The first kappa shape index (κ1) is 15.1. The highest BCUT2D eigenvalue weighted by atomic mass is 35.5. The summed E-state index contributed by atoms with van der Waals surface area (Å²) in [5.41, 5.74) is 2.44. The van der Waals surface area contributed by atoms with Crippen molar-refractivity contribution in [2.75, 3.05) is 13.2 Å². The van der Waals surface area contributed by atoms with E-state index in [-0.39, 0.29) is 6.10 Å². The standard InChI is InChI=1S/C17H24ClNO2/c1-12(20)8-16-4-2-3-6-19(16)11-14-10-15(18)9-13-5-7-21-17(13)14/h9-10,12,16,20H,2-8,11H2,1H3. The Morgan fingerprint density at radius 3 is 3.10 bits per heavy atom. The van der Waals surface area contributed by atoms with Crippen LogP contribution in [0.4, 0.5) is 0 Å². The zero-order chi connectivity index (χ0) is 14.8. The number of nitrogens with zero attached hydrogens (tertiary/aromatic N) is 1. The average Bonchev–Trinajstić information content (AvgIpc) is 2.88. The Bertz CT molecular complexity index is 504. The number of likely N-dealkylation sites (tertiary alicyclic amines) is 1. The molecule has 2 aliphatic rings. The molecule has 21 heavy (non-hydrogen) atoms. The van der Waals surface area contributed by atoms with Gasteiger partial charge in [-0.1, -0.05) is 18.0 Å². The van der Waals surface area contributed by atoms with Crippen LogP contribution in [0.15, 0.2) is 12.1 Å². The van der Waals surface area contributed by atoms with Crippen LogP contribution in [-0.2, 0) is 13.0 Å². The van der Waals surface area contributed by atoms with Gasteiger partial charge in [0.15, 0.2) is 0 Å². The van der Waals surface area contributed by atoms with Crippen LogP contribution in [0, 0.1) is 0 Å². The second kappa shape index (κ2) is 6.55. The van der Waals surface area contributed by atoms with Crippen LogP contribution in [0.5, 0.6) is 5.75 Å². The second-order valence-corrected chi connectivity index (χ2v) is 6.79. The van der Waals surface area contributed by atoms with Gasteiger partial charge in [-0.25, -0.2) is 0 Å². The summed E-state index contributed by atoms with van der Waals surface area (Å²) in [6, 6.07) is 4.53. The van der Waals surface area contributed by atoms with Gasteiger partial charge in [0.1, 0.15) is 5.75 Å². The second-order valence-electron chi connectivity index (χ2n) is 6.36. The van der Waals surface area contributed by atoms with Crippen molar-refractivity contribution in [3.8, 4) is 5.75 Å². The lowest BCUT2D eigenvalue weighted by Gasteiger charge is -2.36. The first-order chi connectivity index (χ1) is 10.1. The molecule has 0 aliphatic carbocycles. The van der Waals surface area contributed by atoms with E-state index in [1.54, 1.807) is 0 Å². The topological polar surface area (TPSA) is 32.7 Å². The molecule has 2 aliphatic heterocycles. The lowest BCUT2D eigenvalue weighted by Crippen LogP contribution is -2.40. The lowest BCUT2D eigenvalue weighted by molar-refractivity contribution is 0.0812. The van der Waals surface area contributed by atoms with Gasteiger partial charge in [0.05, 0.1) is 12.7 Å². The van der Waals surface area contributed by atoms with Crippen molar-refractivity contribution in [1.82, 2.24) is 4.90 Å². The van der Waals surface area contributed by atoms with Gasteiger partial charge >= 0.3 is 0 Å². The lowest BCUT2D eigenvalue weighted by atomic mass is 9.96. The zero-order valence-corrected chi connectivity index (χ0v) is 13.4. The number of hydrogen-bond donors (Lipinski definition) is 1. The molecule has 1 aromatic rings. The largest absolute Gasteiger partial charge is 0.493 e. The van der Waals surface area contributed by atoms with E-state index in [1.165, 1.54) is 30.4 Å². The Morgan fingerprint density at radius 2 is 2.29 bits per heavy atom. The minimum Gasteiger partial charge on any atom is -0.493 e. The van der Waals surface area contributed by atoms with Crippen molar-refractivity contribution >= 4 is 11.6 Å². The molecular formula is C17H24ClNO2. The highest BCUT2D eigenvalue weighted by Gasteiger charge is 2.26. The minimum atomic E-state index is -0.239. The maximum Gasteiger partial charge on any atom is 0.127 e. The van der Waals surface area contributed by atoms with Crippen LogP contribution < -0.4 is 4.74 Å². The van der Waals surface area contributed by atoms with Crippen LogP contribution >= 0.6 is 11.6 Å². The van der Waals surface area contributed by atoms with Gasteiger partial charge in [-0.05, 0) is 50.4 Å². The molecule has 0 aromatic heterocycles. The molecule has 2 atom stereocenters. The summed E-state index contributed by atoms with van der Waals surface area (Å²) >= 11 is 6.25. The maximum absolute atomic E-state index is 9.72. The summed E-state index contributed by atoms with van der Waals surface area (Å²) in [6.07, 6.45) is 5.24. The highest BCUT2D eigenvalue weighted by molar-refractivity contribution is 6.30. The predicted octanol–water partition coefficient (Wildman–Crippen LogP) is 3.40. The smallest absolute Gasteiger partial charge is 0.127 e. The van der Waals surface area contributed by atoms with Gasteiger partial charge in [0.2, 0.25) is 0 Å². The molecule has 3 rings (SSSR count). The van der Waals surface area contributed by atoms with Gasteiger partial charge in [-0.2, -0.15) is 0 Å². The maximum atomic E-state index is 9.72. The van der Waals surface area contributed by atoms with E-state index in [0.29, 0.717) is 6.04 Å². The average molecular weight is 310 g/mol. The van der Waals surface area contributed by atoms with Crippen LogP contribution in [0.3, 0.4) is 0 Å². The van der Waals surface area contributed by atoms with E-state index in [4.69, 9.17) is 16.3 Å². The third kappa shape index (κ3) is 3.53. The van der Waals surface area contributed by atoms with Gasteiger partial charge < -0.3 is 9.84 Å². The Morgan fingerprint density at radius 1 is 1.43 bits per heavy atom. The van der Waals surface area contributed by atoms with E-state index >= 15 is 0 Å². The van der Waals surface area contributed by atoms with Crippen molar-refractivity contribution < 1.29 is 9.84 Å². The van der Waals surface area contributed by atoms with Gasteiger partial charge in [-0.15, -0.1) is 0 Å². The molecule has 3 nitrogen and oxygen atoms in total. The van der Waals surface area contributed by atoms with E-state index in [0.717, 1.165) is 43.3 Å². The third-order valence-electron chi connectivity index (χ3n) is 4.56. The molecule has 4 heteroatoms. The van der Waals surface area contributed by atoms with Crippen molar-refractivity contribution in [3.05, 3.63) is 28.3 Å². The molecule has 0 amide bonds. The van der Waals surface area contributed by atoms with Crippen LogP contribution in [0.25, 0.3) is 0 Å². The summed E-state index contributed by atoms with van der Waals surface area (Å²) < 4.78 is 5.81. The number of aliphatic hydroxyl groups excluding tert-OH is 1. The molecule has 0 radical (unpaired) electrons. The van der Waals surface area contributed by atoms with E-state index in [2.05, 4.69) is 4.90 Å². The number of halogens is 1.